The second-order valence-corrected chi connectivity index (χ2v) is 31.7. The Morgan fingerprint density at radius 2 is 0.773 bits per heavy atom. The van der Waals surface area contributed by atoms with Gasteiger partial charge in [-0.15, -0.1) is 0 Å². The van der Waals surface area contributed by atoms with E-state index in [1.54, 1.807) is 0 Å². The zero-order chi connectivity index (χ0) is 18.4. The highest BCUT2D eigenvalue weighted by Gasteiger charge is 2.55. The van der Waals surface area contributed by atoms with Gasteiger partial charge in [-0.2, -0.15) is 0 Å². The fourth-order valence-corrected chi connectivity index (χ4v) is 31.6. The van der Waals surface area contributed by atoms with E-state index in [0.29, 0.717) is 0 Å². The molecule has 0 aliphatic carbocycles. The van der Waals surface area contributed by atoms with Crippen LogP contribution in [-0.2, 0) is 0 Å². The molecule has 0 heterocycles. The van der Waals surface area contributed by atoms with Crippen molar-refractivity contribution in [2.75, 3.05) is 0 Å². The third kappa shape index (κ3) is 5.33. The summed E-state index contributed by atoms with van der Waals surface area (Å²) in [4.78, 5) is 0. The van der Waals surface area contributed by atoms with Gasteiger partial charge in [-0.25, -0.2) is 4.20 Å². The first-order valence-electron chi connectivity index (χ1n) is 8.28. The van der Waals surface area contributed by atoms with Crippen molar-refractivity contribution in [2.24, 2.45) is 0 Å². The summed E-state index contributed by atoms with van der Waals surface area (Å²) >= 11 is 0. The molecule has 0 aromatic rings. The SMILES string of the molecule is CC(PF)(N([Si](C)(C)C)[Si](C)(C)C)N([Si](C)(C)C)[Si](C)(C)C. The van der Waals surface area contributed by atoms with Crippen LogP contribution in [0.25, 0.3) is 0 Å². The second-order valence-electron chi connectivity index (χ2n) is 10.5. The summed E-state index contributed by atoms with van der Waals surface area (Å²) in [5.41, 5.74) is 0. The van der Waals surface area contributed by atoms with Crippen LogP contribution in [0.15, 0.2) is 0 Å². The number of nitrogens with zero attached hydrogens (tertiary/aromatic N) is 2. The minimum atomic E-state index is -1.63. The molecule has 0 bridgehead atoms. The Morgan fingerprint density at radius 1 is 0.591 bits per heavy atom. The van der Waals surface area contributed by atoms with E-state index in [1.165, 1.54) is 0 Å². The van der Waals surface area contributed by atoms with Crippen LogP contribution in [0.5, 0.6) is 0 Å². The average Bonchev–Trinajstić information content (AvgIpc) is 2.06. The lowest BCUT2D eigenvalue weighted by atomic mass is 10.6. The fraction of sp³-hybridized carbons (Fsp3) is 1.00. The lowest BCUT2D eigenvalue weighted by Gasteiger charge is -2.63. The second kappa shape index (κ2) is 6.81. The molecular formula is C14H40FN2PSi4. The standard InChI is InChI=1S/C14H40FN2PSi4/c1-14(18-15,16(19(2,3)4)20(5,6)7)17(21(8,9)10)22(11,12)13/h18H,1-13H3. The lowest BCUT2D eigenvalue weighted by molar-refractivity contribution is 0.274. The van der Waals surface area contributed by atoms with Crippen molar-refractivity contribution in [1.82, 2.24) is 8.46 Å². The first-order chi connectivity index (χ1) is 9.29. The minimum absolute atomic E-state index is 0.413. The van der Waals surface area contributed by atoms with Gasteiger partial charge in [-0.05, 0) is 6.92 Å². The molecule has 0 amide bonds. The monoisotopic (exact) mass is 398 g/mol. The highest BCUT2D eigenvalue weighted by Crippen LogP contribution is 2.48. The normalized spacial score (nSPS) is 16.4. The van der Waals surface area contributed by atoms with Crippen LogP contribution < -0.4 is 0 Å². The minimum Gasteiger partial charge on any atom is -0.324 e. The molecular weight excluding hydrogens is 358 g/mol. The van der Waals surface area contributed by atoms with Crippen molar-refractivity contribution < 1.29 is 4.20 Å². The van der Waals surface area contributed by atoms with Crippen LogP contribution in [-0.4, -0.2) is 46.8 Å². The van der Waals surface area contributed by atoms with E-state index >= 15 is 0 Å². The molecule has 0 rings (SSSR count). The van der Waals surface area contributed by atoms with Gasteiger partial charge in [0.1, 0.15) is 41.8 Å². The molecule has 0 aliphatic heterocycles. The maximum absolute atomic E-state index is 14.7. The number of hydrogen-bond donors (Lipinski definition) is 0. The Bertz CT molecular complexity index is 320. The summed E-state index contributed by atoms with van der Waals surface area (Å²) in [5.74, 6) is 0. The van der Waals surface area contributed by atoms with Crippen molar-refractivity contribution in [3.8, 4) is 0 Å². The molecule has 134 valence electrons. The summed E-state index contributed by atoms with van der Waals surface area (Å²) in [6, 6.07) is 0. The maximum atomic E-state index is 14.7. The highest BCUT2D eigenvalue weighted by atomic mass is 31.1. The summed E-state index contributed by atoms with van der Waals surface area (Å²) in [6.45, 7) is 30.8. The zero-order valence-electron chi connectivity index (χ0n) is 17.3. The van der Waals surface area contributed by atoms with Crippen LogP contribution >= 0.6 is 8.89 Å². The third-order valence-electron chi connectivity index (χ3n) is 3.73. The Labute approximate surface area is 145 Å². The molecule has 2 nitrogen and oxygen atoms in total. The van der Waals surface area contributed by atoms with E-state index in [4.69, 9.17) is 0 Å². The smallest absolute Gasteiger partial charge is 0.114 e. The van der Waals surface area contributed by atoms with E-state index in [0.717, 1.165) is 0 Å². The van der Waals surface area contributed by atoms with Gasteiger partial charge in [0.25, 0.3) is 0 Å². The fourth-order valence-electron chi connectivity index (χ4n) is 4.81. The van der Waals surface area contributed by atoms with Crippen molar-refractivity contribution >= 4 is 41.8 Å². The molecule has 0 spiro atoms. The Hall–Kier alpha value is 1.15. The van der Waals surface area contributed by atoms with Crippen molar-refractivity contribution in [2.45, 2.75) is 90.9 Å². The van der Waals surface area contributed by atoms with Gasteiger partial charge in [-0.1, -0.05) is 78.6 Å². The number of hydrogen-bond acceptors (Lipinski definition) is 2. The van der Waals surface area contributed by atoms with Gasteiger partial charge in [0, 0.05) is 0 Å². The number of rotatable bonds is 7. The largest absolute Gasteiger partial charge is 0.324 e. The predicted molar refractivity (Wildman–Crippen MR) is 115 cm³/mol. The molecule has 0 N–H and O–H groups in total. The van der Waals surface area contributed by atoms with Crippen LogP contribution in [0.3, 0.4) is 0 Å². The van der Waals surface area contributed by atoms with Crippen molar-refractivity contribution in [3.05, 3.63) is 0 Å². The Balaban J connectivity index is 6.44. The molecule has 0 aromatic carbocycles. The van der Waals surface area contributed by atoms with E-state index in [2.05, 4.69) is 93.9 Å². The molecule has 0 fully saturated rings. The summed E-state index contributed by atoms with van der Waals surface area (Å²) in [6.07, 6.45) is 0. The summed E-state index contributed by atoms with van der Waals surface area (Å²) in [7, 11) is -7.09. The van der Waals surface area contributed by atoms with Crippen LogP contribution in [0.2, 0.25) is 78.6 Å². The lowest BCUT2D eigenvalue weighted by Crippen LogP contribution is -2.78. The third-order valence-corrected chi connectivity index (χ3v) is 20.6. The van der Waals surface area contributed by atoms with Gasteiger partial charge in [0.05, 0.1) is 5.40 Å². The van der Waals surface area contributed by atoms with Gasteiger partial charge >= 0.3 is 0 Å². The van der Waals surface area contributed by atoms with Crippen LogP contribution in [0, 0.1) is 0 Å². The quantitative estimate of drug-likeness (QED) is 0.287. The molecule has 0 saturated heterocycles. The Morgan fingerprint density at radius 3 is 0.864 bits per heavy atom. The molecule has 0 aromatic heterocycles. The first kappa shape index (κ1) is 23.1. The van der Waals surface area contributed by atoms with E-state index in [-0.39, 0.29) is 0 Å². The molecule has 0 aliphatic rings. The van der Waals surface area contributed by atoms with Crippen LogP contribution in [0.4, 0.5) is 4.20 Å². The number of halogens is 1. The zero-order valence-corrected chi connectivity index (χ0v) is 22.3. The molecule has 1 unspecified atom stereocenters. The molecule has 22 heavy (non-hydrogen) atoms. The van der Waals surface area contributed by atoms with E-state index in [9.17, 15) is 4.20 Å². The van der Waals surface area contributed by atoms with Crippen LogP contribution in [0.1, 0.15) is 6.92 Å². The highest BCUT2D eigenvalue weighted by molar-refractivity contribution is 7.34. The summed E-state index contributed by atoms with van der Waals surface area (Å²) < 4.78 is 20.1. The summed E-state index contributed by atoms with van der Waals surface area (Å²) in [5, 5.41) is -0.413. The van der Waals surface area contributed by atoms with Gasteiger partial charge < -0.3 is 8.46 Å². The first-order valence-corrected chi connectivity index (χ1v) is 22.9. The topological polar surface area (TPSA) is 6.48 Å². The Kier molecular flexibility index (Phi) is 7.16. The molecule has 8 heteroatoms. The van der Waals surface area contributed by atoms with Gasteiger partial charge in [-0.3, -0.25) is 0 Å². The molecule has 0 radical (unpaired) electrons. The molecule has 1 atom stereocenters. The predicted octanol–water partition coefficient (Wildman–Crippen LogP) is 6.17. The maximum Gasteiger partial charge on any atom is 0.114 e. The van der Waals surface area contributed by atoms with Crippen molar-refractivity contribution in [1.29, 1.82) is 0 Å². The van der Waals surface area contributed by atoms with Gasteiger partial charge in [0.2, 0.25) is 0 Å². The van der Waals surface area contributed by atoms with E-state index < -0.39 is 47.2 Å². The van der Waals surface area contributed by atoms with Gasteiger partial charge in [0.15, 0.2) is 0 Å². The average molecular weight is 399 g/mol. The molecule has 0 saturated carbocycles. The van der Waals surface area contributed by atoms with E-state index in [1.807, 2.05) is 0 Å². The van der Waals surface area contributed by atoms with Crippen molar-refractivity contribution in [3.63, 3.8) is 0 Å².